The highest BCUT2D eigenvalue weighted by Gasteiger charge is 1.85. The first kappa shape index (κ1) is 6.76. The van der Waals surface area contributed by atoms with E-state index >= 15 is 0 Å². The molecule has 0 aromatic rings. The van der Waals surface area contributed by atoms with Gasteiger partial charge < -0.3 is 0 Å². The summed E-state index contributed by atoms with van der Waals surface area (Å²) in [6.07, 6.45) is 4.48. The maximum atomic E-state index is 9.65. The molecule has 0 aromatic heterocycles. The third-order valence-corrected chi connectivity index (χ3v) is 0.826. The molecule has 0 aliphatic rings. The predicted octanol–water partition coefficient (Wildman–Crippen LogP) is 1.19. The molecule has 1 nitrogen and oxygen atoms in total. The van der Waals surface area contributed by atoms with E-state index in [1.165, 1.54) is 0 Å². The quantitative estimate of drug-likeness (QED) is 0.400. The van der Waals surface area contributed by atoms with Crippen LogP contribution >= 0.6 is 0 Å². The maximum Gasteiger partial charge on any atom is 0.463 e. The largest absolute Gasteiger partial charge is 0.463 e. The van der Waals surface area contributed by atoms with Crippen molar-refractivity contribution in [1.82, 2.24) is 0 Å². The highest BCUT2D eigenvalue weighted by atomic mass is 32.1. The van der Waals surface area contributed by atoms with Crippen LogP contribution in [0.4, 0.5) is 0 Å². The summed E-state index contributed by atoms with van der Waals surface area (Å²) in [5.74, 6) is 0.565. The first-order chi connectivity index (χ1) is 3.41. The molecule has 0 aromatic carbocycles. The van der Waals surface area contributed by atoms with E-state index in [0.717, 1.165) is 6.42 Å². The fraction of sp³-hybridized carbons (Fsp3) is 0.400. The second kappa shape index (κ2) is 5.76. The minimum absolute atomic E-state index is 0.565. The van der Waals surface area contributed by atoms with Gasteiger partial charge >= 0.3 is 11.7 Å². The van der Waals surface area contributed by atoms with Gasteiger partial charge in [0.2, 0.25) is 5.75 Å². The molecule has 0 aliphatic carbocycles. The van der Waals surface area contributed by atoms with Crippen molar-refractivity contribution in [3.8, 4) is 0 Å². The molecule has 0 rings (SSSR count). The average molecular weight is 116 g/mol. The Labute approximate surface area is 47.9 Å². The first-order valence-electron chi connectivity index (χ1n) is 2.11. The monoisotopic (exact) mass is 116 g/mol. The molecule has 0 fully saturated rings. The third-order valence-electron chi connectivity index (χ3n) is 0.498. The van der Waals surface area contributed by atoms with Gasteiger partial charge in [-0.1, -0.05) is 6.08 Å². The molecule has 39 valence electrons. The normalized spacial score (nSPS) is 9.86. The fourth-order valence-electron chi connectivity index (χ4n) is 0.225. The zero-order valence-electron chi connectivity index (χ0n) is 4.09. The molecule has 0 saturated carbocycles. The van der Waals surface area contributed by atoms with Crippen molar-refractivity contribution in [2.45, 2.75) is 6.42 Å². The molecule has 0 heterocycles. The van der Waals surface area contributed by atoms with E-state index < -0.39 is 0 Å². The zero-order valence-corrected chi connectivity index (χ0v) is 4.91. The molecular formula is C5H8OS+. The molecular weight excluding hydrogens is 108 g/mol. The van der Waals surface area contributed by atoms with E-state index in [1.807, 2.05) is 12.2 Å². The van der Waals surface area contributed by atoms with E-state index in [2.05, 4.69) is 6.92 Å². The van der Waals surface area contributed by atoms with Crippen LogP contribution in [0.3, 0.4) is 0 Å². The van der Waals surface area contributed by atoms with Gasteiger partial charge in [0, 0.05) is 4.21 Å². The summed E-state index contributed by atoms with van der Waals surface area (Å²) in [5.41, 5.74) is 0. The van der Waals surface area contributed by atoms with Crippen LogP contribution in [0.15, 0.2) is 12.2 Å². The second-order valence-electron chi connectivity index (χ2n) is 1.04. The van der Waals surface area contributed by atoms with Crippen LogP contribution in [0.5, 0.6) is 0 Å². The van der Waals surface area contributed by atoms with Crippen molar-refractivity contribution >= 4 is 11.7 Å². The summed E-state index contributed by atoms with van der Waals surface area (Å²) in [6.45, 7) is 3.56. The van der Waals surface area contributed by atoms with Crippen LogP contribution in [0.25, 0.3) is 0 Å². The lowest BCUT2D eigenvalue weighted by Gasteiger charge is -1.65. The number of hydrogen-bond acceptors (Lipinski definition) is 1. The summed E-state index contributed by atoms with van der Waals surface area (Å²) in [4.78, 5) is 0. The Hall–Kier alpha value is -0.240. The number of allylic oxidation sites excluding steroid dienone is 1. The smallest absolute Gasteiger partial charge is 0.0831 e. The van der Waals surface area contributed by atoms with Crippen LogP contribution in [-0.2, 0) is 15.9 Å². The van der Waals surface area contributed by atoms with Gasteiger partial charge in [-0.3, -0.25) is 0 Å². The molecule has 0 saturated heterocycles. The van der Waals surface area contributed by atoms with Gasteiger partial charge in [0.25, 0.3) is 0 Å². The first-order valence-corrected chi connectivity index (χ1v) is 3.02. The van der Waals surface area contributed by atoms with E-state index in [1.54, 1.807) is 0 Å². The molecule has 1 radical (unpaired) electrons. The summed E-state index contributed by atoms with van der Waals surface area (Å²) in [6, 6.07) is 0. The topological polar surface area (TPSA) is 17.1 Å². The second-order valence-corrected chi connectivity index (χ2v) is 1.61. The van der Waals surface area contributed by atoms with Crippen molar-refractivity contribution in [3.63, 3.8) is 0 Å². The molecule has 0 unspecified atom stereocenters. The molecule has 0 aliphatic heterocycles. The average Bonchev–Trinajstić information content (AvgIpc) is 1.69. The van der Waals surface area contributed by atoms with E-state index in [4.69, 9.17) is 0 Å². The summed E-state index contributed by atoms with van der Waals surface area (Å²) < 4.78 is 9.65. The van der Waals surface area contributed by atoms with Gasteiger partial charge in [0.05, 0.1) is 0 Å². The molecule has 0 amide bonds. The lowest BCUT2D eigenvalue weighted by molar-refractivity contribution is 0.606. The zero-order chi connectivity index (χ0) is 5.54. The van der Waals surface area contributed by atoms with E-state index in [9.17, 15) is 4.21 Å². The van der Waals surface area contributed by atoms with E-state index in [0.29, 0.717) is 17.4 Å². The van der Waals surface area contributed by atoms with Crippen LogP contribution in [0, 0.1) is 6.92 Å². The third kappa shape index (κ3) is 5.76. The predicted molar refractivity (Wildman–Crippen MR) is 32.0 cm³/mol. The number of hydrogen-bond donors (Lipinski definition) is 0. The molecule has 0 bridgehead atoms. The summed E-state index contributed by atoms with van der Waals surface area (Å²) in [7, 11) is 0. The van der Waals surface area contributed by atoms with Gasteiger partial charge in [0.1, 0.15) is 0 Å². The summed E-state index contributed by atoms with van der Waals surface area (Å²) >= 11 is 0.577. The Bertz CT molecular complexity index is 68.5. The van der Waals surface area contributed by atoms with Crippen molar-refractivity contribution in [2.75, 3.05) is 5.75 Å². The molecule has 0 atom stereocenters. The van der Waals surface area contributed by atoms with Crippen molar-refractivity contribution in [2.24, 2.45) is 0 Å². The molecule has 2 heteroatoms. The van der Waals surface area contributed by atoms with Crippen molar-refractivity contribution in [1.29, 1.82) is 0 Å². The fourth-order valence-corrected chi connectivity index (χ4v) is 0.440. The van der Waals surface area contributed by atoms with Crippen LogP contribution in [0.2, 0.25) is 0 Å². The Kier molecular flexibility index (Phi) is 5.56. The van der Waals surface area contributed by atoms with Gasteiger partial charge in [-0.05, 0) is 19.4 Å². The standard InChI is InChI=1S/C5H8OS/c1-2-3-4-5-7-6/h3-4H,1-2,5H2/q+1. The maximum absolute atomic E-state index is 9.65. The van der Waals surface area contributed by atoms with Crippen molar-refractivity contribution in [3.05, 3.63) is 19.1 Å². The van der Waals surface area contributed by atoms with Crippen molar-refractivity contribution < 1.29 is 4.21 Å². The molecule has 0 spiro atoms. The lowest BCUT2D eigenvalue weighted by Crippen LogP contribution is -1.68. The van der Waals surface area contributed by atoms with Gasteiger partial charge in [0.15, 0.2) is 0 Å². The highest BCUT2D eigenvalue weighted by molar-refractivity contribution is 7.65. The Morgan fingerprint density at radius 1 is 1.57 bits per heavy atom. The molecule has 0 N–H and O–H groups in total. The Morgan fingerprint density at radius 2 is 2.29 bits per heavy atom. The van der Waals surface area contributed by atoms with Gasteiger partial charge in [-0.2, -0.15) is 0 Å². The lowest BCUT2D eigenvalue weighted by atomic mass is 10.4. The van der Waals surface area contributed by atoms with Crippen LogP contribution in [0.1, 0.15) is 6.42 Å². The van der Waals surface area contributed by atoms with E-state index in [-0.39, 0.29) is 0 Å². The van der Waals surface area contributed by atoms with Gasteiger partial charge in [-0.15, -0.1) is 0 Å². The summed E-state index contributed by atoms with van der Waals surface area (Å²) in [5, 5.41) is 0. The van der Waals surface area contributed by atoms with Crippen LogP contribution in [-0.4, -0.2) is 5.75 Å². The minimum atomic E-state index is 0.565. The minimum Gasteiger partial charge on any atom is -0.0831 e. The molecule has 7 heavy (non-hydrogen) atoms. The highest BCUT2D eigenvalue weighted by Crippen LogP contribution is 1.76. The number of rotatable bonds is 3. The van der Waals surface area contributed by atoms with Gasteiger partial charge in [-0.25, -0.2) is 0 Å². The Morgan fingerprint density at radius 3 is 2.71 bits per heavy atom. The SMILES string of the molecule is [CH2]CC=CC[S+]=O. The Balaban J connectivity index is 2.92. The van der Waals surface area contributed by atoms with Crippen LogP contribution < -0.4 is 0 Å².